The summed E-state index contributed by atoms with van der Waals surface area (Å²) in [4.78, 5) is 10.9. The highest BCUT2D eigenvalue weighted by atomic mass is 16.4. The summed E-state index contributed by atoms with van der Waals surface area (Å²) < 4.78 is 0. The van der Waals surface area contributed by atoms with Crippen molar-refractivity contribution in [1.82, 2.24) is 0 Å². The largest absolute Gasteiger partial charge is 0.478 e. The average molecular weight is 250 g/mol. The van der Waals surface area contributed by atoms with Gasteiger partial charge in [0.15, 0.2) is 0 Å². The van der Waals surface area contributed by atoms with E-state index in [1.54, 1.807) is 0 Å². The number of fused-ring (bicyclic) bond motifs is 1. The Kier molecular flexibility index (Phi) is 4.14. The fourth-order valence-corrected chi connectivity index (χ4v) is 4.26. The fraction of sp³-hybridized carbons (Fsp3) is 0.812. The Hall–Kier alpha value is -0.790. The average Bonchev–Trinajstić information content (AvgIpc) is 2.34. The minimum atomic E-state index is -0.817. The third kappa shape index (κ3) is 2.78. The summed E-state index contributed by atoms with van der Waals surface area (Å²) in [7, 11) is 0. The van der Waals surface area contributed by atoms with Crippen LogP contribution in [0.3, 0.4) is 0 Å². The maximum absolute atomic E-state index is 10.9. The van der Waals surface area contributed by atoms with Gasteiger partial charge in [0.05, 0.1) is 0 Å². The molecule has 0 aliphatic heterocycles. The van der Waals surface area contributed by atoms with E-state index in [2.05, 4.69) is 20.4 Å². The van der Waals surface area contributed by atoms with Crippen LogP contribution in [0.2, 0.25) is 0 Å². The van der Waals surface area contributed by atoms with Crippen LogP contribution in [0.25, 0.3) is 0 Å². The summed E-state index contributed by atoms with van der Waals surface area (Å²) in [5, 5.41) is 8.94. The van der Waals surface area contributed by atoms with Crippen molar-refractivity contribution < 1.29 is 9.90 Å². The zero-order valence-corrected chi connectivity index (χ0v) is 11.7. The van der Waals surface area contributed by atoms with Crippen LogP contribution in [-0.4, -0.2) is 11.1 Å². The maximum Gasteiger partial charge on any atom is 0.330 e. The highest BCUT2D eigenvalue weighted by molar-refractivity contribution is 5.85. The van der Waals surface area contributed by atoms with Gasteiger partial charge >= 0.3 is 5.97 Å². The second kappa shape index (κ2) is 5.46. The molecule has 5 unspecified atom stereocenters. The van der Waals surface area contributed by atoms with Crippen LogP contribution < -0.4 is 0 Å². The third-order valence-electron chi connectivity index (χ3n) is 5.44. The molecule has 0 heterocycles. The molecule has 0 aromatic heterocycles. The Bertz CT molecular complexity index is 334. The van der Waals surface area contributed by atoms with Crippen molar-refractivity contribution in [3.05, 3.63) is 12.2 Å². The van der Waals surface area contributed by atoms with Crippen LogP contribution in [0.4, 0.5) is 0 Å². The zero-order chi connectivity index (χ0) is 13.3. The molecule has 1 N–H and O–H groups in total. The molecule has 2 saturated carbocycles. The minimum absolute atomic E-state index is 0.398. The van der Waals surface area contributed by atoms with E-state index >= 15 is 0 Å². The Morgan fingerprint density at radius 3 is 2.33 bits per heavy atom. The summed E-state index contributed by atoms with van der Waals surface area (Å²) in [5.41, 5.74) is 0.398. The molecule has 2 heteroatoms. The number of carboxylic acids is 1. The lowest BCUT2D eigenvalue weighted by molar-refractivity contribution is -0.133. The van der Waals surface area contributed by atoms with Gasteiger partial charge in [0.1, 0.15) is 0 Å². The molecule has 0 saturated heterocycles. The molecule has 0 bridgehead atoms. The van der Waals surface area contributed by atoms with Crippen LogP contribution >= 0.6 is 0 Å². The molecule has 0 aromatic carbocycles. The Morgan fingerprint density at radius 2 is 1.72 bits per heavy atom. The normalized spacial score (nSPS) is 40.0. The van der Waals surface area contributed by atoms with Gasteiger partial charge in [-0.1, -0.05) is 33.3 Å². The monoisotopic (exact) mass is 250 g/mol. The molecule has 2 aliphatic carbocycles. The van der Waals surface area contributed by atoms with Gasteiger partial charge in [-0.3, -0.25) is 0 Å². The van der Waals surface area contributed by atoms with Gasteiger partial charge in [-0.25, -0.2) is 4.79 Å². The summed E-state index contributed by atoms with van der Waals surface area (Å²) in [5.74, 6) is 3.16. The quantitative estimate of drug-likeness (QED) is 0.765. The molecular formula is C16H26O2. The molecule has 18 heavy (non-hydrogen) atoms. The lowest BCUT2D eigenvalue weighted by atomic mass is 9.59. The van der Waals surface area contributed by atoms with Gasteiger partial charge in [0.25, 0.3) is 0 Å². The summed E-state index contributed by atoms with van der Waals surface area (Å²) in [6.07, 6.45) is 7.16. The van der Waals surface area contributed by atoms with Crippen LogP contribution in [0.15, 0.2) is 12.2 Å². The predicted molar refractivity (Wildman–Crippen MR) is 73.3 cm³/mol. The first-order chi connectivity index (χ1) is 8.49. The van der Waals surface area contributed by atoms with Gasteiger partial charge in [-0.2, -0.15) is 0 Å². The Labute approximate surface area is 110 Å². The lowest BCUT2D eigenvalue weighted by Gasteiger charge is -2.46. The zero-order valence-electron chi connectivity index (χ0n) is 11.7. The van der Waals surface area contributed by atoms with Crippen molar-refractivity contribution in [3.8, 4) is 0 Å². The molecule has 0 radical (unpaired) electrons. The maximum atomic E-state index is 10.9. The minimum Gasteiger partial charge on any atom is -0.478 e. The topological polar surface area (TPSA) is 37.3 Å². The first-order valence-corrected chi connectivity index (χ1v) is 7.40. The van der Waals surface area contributed by atoms with Gasteiger partial charge < -0.3 is 5.11 Å². The number of aliphatic carboxylic acids is 1. The van der Waals surface area contributed by atoms with E-state index in [4.69, 9.17) is 5.11 Å². The molecule has 0 aromatic rings. The summed E-state index contributed by atoms with van der Waals surface area (Å²) >= 11 is 0. The fourth-order valence-electron chi connectivity index (χ4n) is 4.26. The Morgan fingerprint density at radius 1 is 1.11 bits per heavy atom. The van der Waals surface area contributed by atoms with Gasteiger partial charge in [-0.05, 0) is 55.3 Å². The predicted octanol–water partition coefficient (Wildman–Crippen LogP) is 4.12. The van der Waals surface area contributed by atoms with Crippen molar-refractivity contribution in [3.63, 3.8) is 0 Å². The first kappa shape index (κ1) is 13.6. The van der Waals surface area contributed by atoms with Crippen molar-refractivity contribution in [1.29, 1.82) is 0 Å². The molecule has 2 fully saturated rings. The lowest BCUT2D eigenvalue weighted by Crippen LogP contribution is -2.37. The highest BCUT2D eigenvalue weighted by Crippen LogP contribution is 2.49. The molecule has 2 nitrogen and oxygen atoms in total. The highest BCUT2D eigenvalue weighted by Gasteiger charge is 2.39. The number of hydrogen-bond acceptors (Lipinski definition) is 1. The molecule has 5 atom stereocenters. The molecule has 0 amide bonds. The van der Waals surface area contributed by atoms with Crippen molar-refractivity contribution in [2.75, 3.05) is 0 Å². The third-order valence-corrected chi connectivity index (χ3v) is 5.44. The SMILES string of the molecule is C=C(CC1CCC2C(C)CCC(C)C2C1)C(=O)O. The van der Waals surface area contributed by atoms with E-state index in [1.165, 1.54) is 32.1 Å². The van der Waals surface area contributed by atoms with E-state index in [-0.39, 0.29) is 0 Å². The number of carbonyl (C=O) groups is 1. The van der Waals surface area contributed by atoms with Crippen molar-refractivity contribution in [2.45, 2.75) is 52.4 Å². The Balaban J connectivity index is 1.96. The molecule has 2 aliphatic rings. The second-order valence-electron chi connectivity index (χ2n) is 6.65. The second-order valence-corrected chi connectivity index (χ2v) is 6.65. The van der Waals surface area contributed by atoms with E-state index in [0.29, 0.717) is 17.9 Å². The van der Waals surface area contributed by atoms with Crippen molar-refractivity contribution in [2.24, 2.45) is 29.6 Å². The van der Waals surface area contributed by atoms with Gasteiger partial charge in [0.2, 0.25) is 0 Å². The number of rotatable bonds is 3. The van der Waals surface area contributed by atoms with E-state index in [9.17, 15) is 4.79 Å². The van der Waals surface area contributed by atoms with Crippen LogP contribution in [-0.2, 0) is 4.79 Å². The molecule has 102 valence electrons. The summed E-state index contributed by atoms with van der Waals surface area (Å²) in [6.45, 7) is 8.48. The first-order valence-electron chi connectivity index (χ1n) is 7.40. The van der Waals surface area contributed by atoms with Crippen LogP contribution in [0, 0.1) is 29.6 Å². The smallest absolute Gasteiger partial charge is 0.330 e. The van der Waals surface area contributed by atoms with Gasteiger partial charge in [0, 0.05) is 5.57 Å². The number of carboxylic acid groups (broad SMARTS) is 1. The standard InChI is InChI=1S/C16H26O2/c1-10-4-5-11(2)15-9-13(6-7-14(10)15)8-12(3)16(17)18/h10-11,13-15H,3-9H2,1-2H3,(H,17,18). The van der Waals surface area contributed by atoms with Crippen LogP contribution in [0.1, 0.15) is 52.4 Å². The van der Waals surface area contributed by atoms with E-state index < -0.39 is 5.97 Å². The number of hydrogen-bond donors (Lipinski definition) is 1. The molecular weight excluding hydrogens is 224 g/mol. The van der Waals surface area contributed by atoms with E-state index in [1.807, 2.05) is 0 Å². The summed E-state index contributed by atoms with van der Waals surface area (Å²) in [6, 6.07) is 0. The molecule has 2 rings (SSSR count). The molecule has 0 spiro atoms. The van der Waals surface area contributed by atoms with Crippen LogP contribution in [0.5, 0.6) is 0 Å². The van der Waals surface area contributed by atoms with Gasteiger partial charge in [-0.15, -0.1) is 0 Å². The van der Waals surface area contributed by atoms with E-state index in [0.717, 1.165) is 23.7 Å². The van der Waals surface area contributed by atoms with Crippen molar-refractivity contribution >= 4 is 5.97 Å².